The molecule has 0 atom stereocenters. The quantitative estimate of drug-likeness (QED) is 0.318. The number of carbonyl (C=O) groups excluding carboxylic acids is 2. The topological polar surface area (TPSA) is 67.2 Å². The molecule has 3 aromatic rings. The van der Waals surface area contributed by atoms with Crippen LogP contribution in [0.3, 0.4) is 0 Å². The number of amides is 2. The van der Waals surface area contributed by atoms with Crippen molar-refractivity contribution in [2.45, 2.75) is 46.6 Å². The third-order valence-corrected chi connectivity index (χ3v) is 7.05. The van der Waals surface area contributed by atoms with Crippen LogP contribution in [-0.4, -0.2) is 38.9 Å². The molecule has 0 unspecified atom stereocenters. The van der Waals surface area contributed by atoms with Gasteiger partial charge in [-0.25, -0.2) is 4.68 Å². The molecule has 6 nitrogen and oxygen atoms in total. The van der Waals surface area contributed by atoms with E-state index < -0.39 is 5.41 Å². The summed E-state index contributed by atoms with van der Waals surface area (Å²) in [6.45, 7) is 9.79. The molecular formula is C27H31Cl3N4O2. The second-order valence-electron chi connectivity index (χ2n) is 10.4. The van der Waals surface area contributed by atoms with Gasteiger partial charge in [-0.2, -0.15) is 5.10 Å². The molecule has 2 amide bonds. The molecule has 0 bridgehead atoms. The Labute approximate surface area is 227 Å². The summed E-state index contributed by atoms with van der Waals surface area (Å²) in [4.78, 5) is 28.1. The van der Waals surface area contributed by atoms with E-state index in [-0.39, 0.29) is 36.2 Å². The van der Waals surface area contributed by atoms with E-state index >= 15 is 0 Å². The van der Waals surface area contributed by atoms with E-state index in [9.17, 15) is 9.59 Å². The number of nitrogens with one attached hydrogen (secondary N) is 1. The number of alkyl halides is 1. The Kier molecular flexibility index (Phi) is 8.75. The zero-order chi connectivity index (χ0) is 26.7. The maximum Gasteiger partial charge on any atom is 0.245 e. The molecule has 3 rings (SSSR count). The van der Waals surface area contributed by atoms with Gasteiger partial charge in [-0.3, -0.25) is 9.59 Å². The number of halogens is 3. The van der Waals surface area contributed by atoms with Gasteiger partial charge in [0.2, 0.25) is 11.8 Å². The van der Waals surface area contributed by atoms with Gasteiger partial charge in [0.1, 0.15) is 12.4 Å². The van der Waals surface area contributed by atoms with Gasteiger partial charge in [-0.05, 0) is 37.6 Å². The normalized spacial score (nSPS) is 11.9. The lowest BCUT2D eigenvalue weighted by atomic mass is 9.92. The summed E-state index contributed by atoms with van der Waals surface area (Å²) in [5.41, 5.74) is 1.26. The molecule has 1 N–H and O–H groups in total. The van der Waals surface area contributed by atoms with Gasteiger partial charge in [0.25, 0.3) is 0 Å². The van der Waals surface area contributed by atoms with E-state index in [1.165, 1.54) is 4.90 Å². The first-order valence-electron chi connectivity index (χ1n) is 11.6. The Hall–Kier alpha value is -2.54. The number of rotatable bonds is 8. The molecule has 0 saturated heterocycles. The number of anilines is 1. The average Bonchev–Trinajstić information content (AvgIpc) is 3.24. The Morgan fingerprint density at radius 3 is 2.22 bits per heavy atom. The zero-order valence-electron chi connectivity index (χ0n) is 21.1. The van der Waals surface area contributed by atoms with E-state index in [2.05, 4.69) is 5.32 Å². The number of benzene rings is 2. The Bertz CT molecular complexity index is 1230. The second-order valence-corrected chi connectivity index (χ2v) is 11.5. The summed E-state index contributed by atoms with van der Waals surface area (Å²) in [6.07, 6.45) is 0. The Balaban J connectivity index is 1.92. The lowest BCUT2D eigenvalue weighted by Gasteiger charge is -2.30. The van der Waals surface area contributed by atoms with Crippen LogP contribution in [0.1, 0.15) is 45.9 Å². The van der Waals surface area contributed by atoms with Gasteiger partial charge < -0.3 is 10.2 Å². The minimum absolute atomic E-state index is 0.137. The van der Waals surface area contributed by atoms with Crippen LogP contribution in [0.4, 0.5) is 5.82 Å². The number of aromatic nitrogens is 2. The van der Waals surface area contributed by atoms with Crippen molar-refractivity contribution in [1.29, 1.82) is 0 Å². The number of hydrogen-bond donors (Lipinski definition) is 1. The van der Waals surface area contributed by atoms with E-state index in [4.69, 9.17) is 39.9 Å². The average molecular weight is 550 g/mol. The van der Waals surface area contributed by atoms with E-state index in [0.717, 1.165) is 11.3 Å². The molecule has 0 saturated carbocycles. The van der Waals surface area contributed by atoms with Crippen LogP contribution in [0, 0.1) is 5.41 Å². The molecule has 36 heavy (non-hydrogen) atoms. The highest BCUT2D eigenvalue weighted by molar-refractivity contribution is 6.42. The van der Waals surface area contributed by atoms with Crippen LogP contribution in [-0.2, 0) is 21.5 Å². The SMILES string of the molecule is CC(C)(CCl)C(=O)N(CC(=O)Nc1cc(C(C)(C)C)nn1-c1ccc(Cl)c(Cl)c1)Cc1ccccc1. The highest BCUT2D eigenvalue weighted by atomic mass is 35.5. The number of hydrogen-bond acceptors (Lipinski definition) is 3. The van der Waals surface area contributed by atoms with Gasteiger partial charge in [0.05, 0.1) is 26.8 Å². The minimum Gasteiger partial charge on any atom is -0.329 e. The van der Waals surface area contributed by atoms with Gasteiger partial charge in [-0.15, -0.1) is 11.6 Å². The van der Waals surface area contributed by atoms with Crippen LogP contribution < -0.4 is 5.32 Å². The second kappa shape index (κ2) is 11.2. The van der Waals surface area contributed by atoms with Crippen LogP contribution in [0.15, 0.2) is 54.6 Å². The van der Waals surface area contributed by atoms with Crippen molar-refractivity contribution < 1.29 is 9.59 Å². The fourth-order valence-electron chi connectivity index (χ4n) is 3.49. The van der Waals surface area contributed by atoms with Crippen LogP contribution in [0.5, 0.6) is 0 Å². The van der Waals surface area contributed by atoms with Crippen LogP contribution >= 0.6 is 34.8 Å². The summed E-state index contributed by atoms with van der Waals surface area (Å²) >= 11 is 18.4. The standard InChI is InChI=1S/C27H31Cl3N4O2/c1-26(2,3)22-14-23(34(32-22)19-11-12-20(29)21(30)13-19)31-24(35)16-33(25(36)27(4,5)17-28)15-18-9-7-6-8-10-18/h6-14H,15-17H2,1-5H3,(H,31,35). The predicted molar refractivity (Wildman–Crippen MR) is 147 cm³/mol. The van der Waals surface area contributed by atoms with Gasteiger partial charge in [-0.1, -0.05) is 74.3 Å². The third-order valence-electron chi connectivity index (χ3n) is 5.64. The molecule has 192 valence electrons. The van der Waals surface area contributed by atoms with Crippen molar-refractivity contribution in [3.05, 3.63) is 75.9 Å². The maximum absolute atomic E-state index is 13.3. The lowest BCUT2D eigenvalue weighted by molar-refractivity contribution is -0.142. The largest absolute Gasteiger partial charge is 0.329 e. The van der Waals surface area contributed by atoms with Gasteiger partial charge in [0, 0.05) is 23.9 Å². The zero-order valence-corrected chi connectivity index (χ0v) is 23.4. The molecule has 1 aromatic heterocycles. The van der Waals surface area contributed by atoms with Crippen molar-refractivity contribution in [3.8, 4) is 5.69 Å². The van der Waals surface area contributed by atoms with E-state index in [0.29, 0.717) is 21.6 Å². The van der Waals surface area contributed by atoms with Crippen molar-refractivity contribution in [2.24, 2.45) is 5.41 Å². The van der Waals surface area contributed by atoms with Gasteiger partial charge in [0.15, 0.2) is 0 Å². The van der Waals surface area contributed by atoms with Crippen LogP contribution in [0.25, 0.3) is 5.69 Å². The molecule has 0 aliphatic heterocycles. The van der Waals surface area contributed by atoms with Crippen molar-refractivity contribution in [2.75, 3.05) is 17.7 Å². The van der Waals surface area contributed by atoms with Gasteiger partial charge >= 0.3 is 0 Å². The molecule has 2 aromatic carbocycles. The van der Waals surface area contributed by atoms with Crippen molar-refractivity contribution in [3.63, 3.8) is 0 Å². The third kappa shape index (κ3) is 6.81. The summed E-state index contributed by atoms with van der Waals surface area (Å²) < 4.78 is 1.62. The Morgan fingerprint density at radius 2 is 1.64 bits per heavy atom. The monoisotopic (exact) mass is 548 g/mol. The predicted octanol–water partition coefficient (Wildman–Crippen LogP) is 6.71. The molecular weight excluding hydrogens is 519 g/mol. The summed E-state index contributed by atoms with van der Waals surface area (Å²) in [5.74, 6) is 0.0425. The van der Waals surface area contributed by atoms with Crippen LogP contribution in [0.2, 0.25) is 10.0 Å². The summed E-state index contributed by atoms with van der Waals surface area (Å²) in [6, 6.07) is 16.5. The smallest absolute Gasteiger partial charge is 0.245 e. The number of carbonyl (C=O) groups is 2. The first kappa shape index (κ1) is 28.0. The first-order valence-corrected chi connectivity index (χ1v) is 12.9. The number of nitrogens with zero attached hydrogens (tertiary/aromatic N) is 3. The highest BCUT2D eigenvalue weighted by Crippen LogP contribution is 2.30. The molecule has 0 aliphatic rings. The minimum atomic E-state index is -0.822. The fraction of sp³-hybridized carbons (Fsp3) is 0.370. The molecule has 0 spiro atoms. The van der Waals surface area contributed by atoms with Crippen molar-refractivity contribution in [1.82, 2.24) is 14.7 Å². The van der Waals surface area contributed by atoms with E-state index in [1.807, 2.05) is 57.2 Å². The Morgan fingerprint density at radius 1 is 0.972 bits per heavy atom. The lowest BCUT2D eigenvalue weighted by Crippen LogP contribution is -2.45. The summed E-state index contributed by atoms with van der Waals surface area (Å²) in [7, 11) is 0. The molecule has 9 heteroatoms. The maximum atomic E-state index is 13.3. The van der Waals surface area contributed by atoms with E-state index in [1.54, 1.807) is 36.7 Å². The van der Waals surface area contributed by atoms with Crippen molar-refractivity contribution >= 4 is 52.4 Å². The molecule has 0 radical (unpaired) electrons. The molecule has 0 aliphatic carbocycles. The highest BCUT2D eigenvalue weighted by Gasteiger charge is 2.32. The summed E-state index contributed by atoms with van der Waals surface area (Å²) in [5, 5.41) is 8.45. The first-order chi connectivity index (χ1) is 16.8. The molecule has 0 fully saturated rings. The molecule has 1 heterocycles. The fourth-order valence-corrected chi connectivity index (χ4v) is 3.90.